The summed E-state index contributed by atoms with van der Waals surface area (Å²) < 4.78 is 21.9. The van der Waals surface area contributed by atoms with Gasteiger partial charge in [0, 0.05) is 31.3 Å². The highest BCUT2D eigenvalue weighted by molar-refractivity contribution is 5.91. The van der Waals surface area contributed by atoms with Crippen LogP contribution in [-0.2, 0) is 17.8 Å². The second-order valence-corrected chi connectivity index (χ2v) is 7.65. The number of methoxy groups -OCH3 is 2. The standard InChI is InChI=1S/C22H31N3O5/c1-15(2)25(12-16-10-17(27-3)7-8-20(16)28-4)13-21-24-19(14-30-21)22(26)23-11-18-6-5-9-29-18/h7-8,10,14-15,18H,5-6,9,11-13H2,1-4H3,(H,23,26). The van der Waals surface area contributed by atoms with Gasteiger partial charge in [-0.15, -0.1) is 0 Å². The molecule has 1 unspecified atom stereocenters. The third kappa shape index (κ3) is 5.73. The molecule has 1 aliphatic heterocycles. The van der Waals surface area contributed by atoms with Crippen LogP contribution in [0.5, 0.6) is 11.5 Å². The van der Waals surface area contributed by atoms with Gasteiger partial charge in [0.15, 0.2) is 5.69 Å². The molecule has 0 bridgehead atoms. The Morgan fingerprint density at radius 1 is 1.30 bits per heavy atom. The quantitative estimate of drug-likeness (QED) is 0.636. The zero-order valence-electron chi connectivity index (χ0n) is 18.1. The first kappa shape index (κ1) is 22.1. The van der Waals surface area contributed by atoms with E-state index >= 15 is 0 Å². The Morgan fingerprint density at radius 2 is 2.13 bits per heavy atom. The van der Waals surface area contributed by atoms with Gasteiger partial charge in [0.1, 0.15) is 17.8 Å². The molecule has 8 heteroatoms. The summed E-state index contributed by atoms with van der Waals surface area (Å²) >= 11 is 0. The van der Waals surface area contributed by atoms with E-state index in [1.807, 2.05) is 18.2 Å². The van der Waals surface area contributed by atoms with Crippen LogP contribution in [0.25, 0.3) is 0 Å². The van der Waals surface area contributed by atoms with Gasteiger partial charge in [-0.3, -0.25) is 9.69 Å². The molecular weight excluding hydrogens is 386 g/mol. The maximum atomic E-state index is 12.3. The SMILES string of the molecule is COc1ccc(OC)c(CN(Cc2nc(C(=O)NCC3CCCO3)co2)C(C)C)c1. The van der Waals surface area contributed by atoms with E-state index in [0.29, 0.717) is 25.5 Å². The summed E-state index contributed by atoms with van der Waals surface area (Å²) in [6.45, 7) is 6.56. The van der Waals surface area contributed by atoms with Crippen molar-refractivity contribution in [1.29, 1.82) is 0 Å². The molecule has 0 aliphatic carbocycles. The van der Waals surface area contributed by atoms with Gasteiger partial charge >= 0.3 is 0 Å². The summed E-state index contributed by atoms with van der Waals surface area (Å²) in [7, 11) is 3.30. The number of rotatable bonds is 10. The van der Waals surface area contributed by atoms with Crippen LogP contribution in [0.1, 0.15) is 48.6 Å². The minimum Gasteiger partial charge on any atom is -0.497 e. The average Bonchev–Trinajstić information content (AvgIpc) is 3.43. The second kappa shape index (κ2) is 10.4. The highest BCUT2D eigenvalue weighted by Crippen LogP contribution is 2.26. The van der Waals surface area contributed by atoms with Crippen LogP contribution < -0.4 is 14.8 Å². The van der Waals surface area contributed by atoms with Crippen LogP contribution >= 0.6 is 0 Å². The topological polar surface area (TPSA) is 86.1 Å². The molecule has 2 aromatic rings. The molecule has 0 radical (unpaired) electrons. The Hall–Kier alpha value is -2.58. The van der Waals surface area contributed by atoms with E-state index in [9.17, 15) is 4.79 Å². The van der Waals surface area contributed by atoms with E-state index in [0.717, 1.165) is 36.5 Å². The van der Waals surface area contributed by atoms with Crippen molar-refractivity contribution in [1.82, 2.24) is 15.2 Å². The Kier molecular flexibility index (Phi) is 7.70. The number of hydrogen-bond donors (Lipinski definition) is 1. The molecule has 1 amide bonds. The molecular formula is C22H31N3O5. The van der Waals surface area contributed by atoms with E-state index in [-0.39, 0.29) is 23.7 Å². The third-order valence-electron chi connectivity index (χ3n) is 5.23. The monoisotopic (exact) mass is 417 g/mol. The minimum absolute atomic E-state index is 0.0922. The predicted octanol–water partition coefficient (Wildman–Crippen LogP) is 3.01. The lowest BCUT2D eigenvalue weighted by molar-refractivity contribution is 0.0853. The largest absolute Gasteiger partial charge is 0.497 e. The predicted molar refractivity (Wildman–Crippen MR) is 112 cm³/mol. The fraction of sp³-hybridized carbons (Fsp3) is 0.545. The van der Waals surface area contributed by atoms with Crippen molar-refractivity contribution in [3.63, 3.8) is 0 Å². The van der Waals surface area contributed by atoms with Crippen LogP contribution in [0, 0.1) is 0 Å². The Labute approximate surface area is 177 Å². The number of oxazole rings is 1. The zero-order valence-corrected chi connectivity index (χ0v) is 18.1. The Morgan fingerprint density at radius 3 is 2.80 bits per heavy atom. The van der Waals surface area contributed by atoms with E-state index in [2.05, 4.69) is 29.0 Å². The summed E-state index contributed by atoms with van der Waals surface area (Å²) in [5.41, 5.74) is 1.29. The lowest BCUT2D eigenvalue weighted by Gasteiger charge is -2.26. The van der Waals surface area contributed by atoms with Crippen molar-refractivity contribution in [3.05, 3.63) is 41.6 Å². The van der Waals surface area contributed by atoms with Crippen LogP contribution in [0.3, 0.4) is 0 Å². The lowest BCUT2D eigenvalue weighted by atomic mass is 10.1. The maximum Gasteiger partial charge on any atom is 0.273 e. The first-order valence-electron chi connectivity index (χ1n) is 10.3. The molecule has 0 spiro atoms. The van der Waals surface area contributed by atoms with Crippen molar-refractivity contribution in [2.75, 3.05) is 27.4 Å². The van der Waals surface area contributed by atoms with Crippen molar-refractivity contribution < 1.29 is 23.4 Å². The Balaban J connectivity index is 1.64. The van der Waals surface area contributed by atoms with Gasteiger partial charge in [-0.2, -0.15) is 0 Å². The fourth-order valence-electron chi connectivity index (χ4n) is 3.41. The molecule has 1 aromatic carbocycles. The van der Waals surface area contributed by atoms with Gasteiger partial charge in [0.25, 0.3) is 5.91 Å². The second-order valence-electron chi connectivity index (χ2n) is 7.65. The first-order chi connectivity index (χ1) is 14.5. The van der Waals surface area contributed by atoms with Gasteiger partial charge in [0.2, 0.25) is 5.89 Å². The number of nitrogens with one attached hydrogen (secondary N) is 1. The average molecular weight is 418 g/mol. The van der Waals surface area contributed by atoms with Gasteiger partial charge in [0.05, 0.1) is 26.9 Å². The van der Waals surface area contributed by atoms with Crippen molar-refractivity contribution in [2.45, 2.75) is 51.9 Å². The van der Waals surface area contributed by atoms with Crippen molar-refractivity contribution in [2.24, 2.45) is 0 Å². The summed E-state index contributed by atoms with van der Waals surface area (Å²) in [6, 6.07) is 5.96. The molecule has 2 heterocycles. The number of ether oxygens (including phenoxy) is 3. The molecule has 164 valence electrons. The fourth-order valence-corrected chi connectivity index (χ4v) is 3.41. The summed E-state index contributed by atoms with van der Waals surface area (Å²) in [5.74, 6) is 1.82. The number of benzene rings is 1. The molecule has 0 saturated carbocycles. The number of carbonyl (C=O) groups excluding carboxylic acids is 1. The van der Waals surface area contributed by atoms with Gasteiger partial charge < -0.3 is 23.9 Å². The summed E-state index contributed by atoms with van der Waals surface area (Å²) in [4.78, 5) is 18.9. The Bertz CT molecular complexity index is 830. The highest BCUT2D eigenvalue weighted by atomic mass is 16.5. The summed E-state index contributed by atoms with van der Waals surface area (Å²) in [6.07, 6.45) is 3.51. The molecule has 3 rings (SSSR count). The van der Waals surface area contributed by atoms with E-state index < -0.39 is 0 Å². The van der Waals surface area contributed by atoms with Gasteiger partial charge in [-0.25, -0.2) is 4.98 Å². The highest BCUT2D eigenvalue weighted by Gasteiger charge is 2.20. The van der Waals surface area contributed by atoms with Crippen LogP contribution in [0.15, 0.2) is 28.9 Å². The molecule has 1 N–H and O–H groups in total. The third-order valence-corrected chi connectivity index (χ3v) is 5.23. The normalized spacial score (nSPS) is 16.3. The number of amides is 1. The molecule has 30 heavy (non-hydrogen) atoms. The molecule has 1 saturated heterocycles. The smallest absolute Gasteiger partial charge is 0.273 e. The maximum absolute atomic E-state index is 12.3. The molecule has 1 fully saturated rings. The van der Waals surface area contributed by atoms with Crippen LogP contribution in [0.4, 0.5) is 0 Å². The minimum atomic E-state index is -0.244. The van der Waals surface area contributed by atoms with Gasteiger partial charge in [-0.1, -0.05) is 0 Å². The van der Waals surface area contributed by atoms with E-state index in [4.69, 9.17) is 18.6 Å². The van der Waals surface area contributed by atoms with Crippen molar-refractivity contribution >= 4 is 5.91 Å². The number of carbonyl (C=O) groups is 1. The van der Waals surface area contributed by atoms with E-state index in [1.165, 1.54) is 6.26 Å². The van der Waals surface area contributed by atoms with Gasteiger partial charge in [-0.05, 0) is 44.9 Å². The van der Waals surface area contributed by atoms with E-state index in [1.54, 1.807) is 14.2 Å². The van der Waals surface area contributed by atoms with Crippen molar-refractivity contribution in [3.8, 4) is 11.5 Å². The lowest BCUT2D eigenvalue weighted by Crippen LogP contribution is -2.32. The molecule has 1 atom stereocenters. The molecule has 1 aliphatic rings. The van der Waals surface area contributed by atoms with Crippen LogP contribution in [-0.4, -0.2) is 55.3 Å². The number of aromatic nitrogens is 1. The number of nitrogens with zero attached hydrogens (tertiary/aromatic N) is 2. The zero-order chi connectivity index (χ0) is 21.5. The number of hydrogen-bond acceptors (Lipinski definition) is 7. The summed E-state index contributed by atoms with van der Waals surface area (Å²) in [5, 5.41) is 2.87. The van der Waals surface area contributed by atoms with Crippen LogP contribution in [0.2, 0.25) is 0 Å². The first-order valence-corrected chi connectivity index (χ1v) is 10.3. The molecule has 1 aromatic heterocycles. The molecule has 8 nitrogen and oxygen atoms in total.